The van der Waals surface area contributed by atoms with E-state index < -0.39 is 5.97 Å². The molecule has 0 fully saturated rings. The van der Waals surface area contributed by atoms with Crippen molar-refractivity contribution < 1.29 is 9.90 Å². The van der Waals surface area contributed by atoms with E-state index >= 15 is 0 Å². The quantitative estimate of drug-likeness (QED) is 0.874. The van der Waals surface area contributed by atoms with Gasteiger partial charge in [0.15, 0.2) is 5.69 Å². The molecular formula is C15H17N3O2. The summed E-state index contributed by atoms with van der Waals surface area (Å²) in [4.78, 5) is 19.3. The lowest BCUT2D eigenvalue weighted by Gasteiger charge is -2.08. The zero-order valence-electron chi connectivity index (χ0n) is 11.6. The van der Waals surface area contributed by atoms with Crippen molar-refractivity contribution in [3.05, 3.63) is 53.0 Å². The standard InChI is InChI=1S/C15H17N3O2/c1-3-13-17-12(15(19)20)8-14(18-13)16-9-11-6-4-10(2)5-7-11/h4-8H,3,9H2,1-2H3,(H,19,20)(H,16,17,18). The van der Waals surface area contributed by atoms with E-state index in [1.807, 2.05) is 38.1 Å². The van der Waals surface area contributed by atoms with Crippen molar-refractivity contribution in [2.45, 2.75) is 26.8 Å². The van der Waals surface area contributed by atoms with Crippen molar-refractivity contribution in [1.82, 2.24) is 9.97 Å². The predicted molar refractivity (Wildman–Crippen MR) is 76.9 cm³/mol. The van der Waals surface area contributed by atoms with Crippen molar-refractivity contribution in [3.63, 3.8) is 0 Å². The first kappa shape index (κ1) is 14.0. The van der Waals surface area contributed by atoms with E-state index in [-0.39, 0.29) is 5.69 Å². The van der Waals surface area contributed by atoms with Gasteiger partial charge in [-0.3, -0.25) is 0 Å². The molecule has 0 aliphatic carbocycles. The monoisotopic (exact) mass is 271 g/mol. The molecule has 5 nitrogen and oxygen atoms in total. The lowest BCUT2D eigenvalue weighted by molar-refractivity contribution is 0.0690. The van der Waals surface area contributed by atoms with Gasteiger partial charge in [0.05, 0.1) is 0 Å². The zero-order chi connectivity index (χ0) is 14.5. The van der Waals surface area contributed by atoms with Gasteiger partial charge in [-0.05, 0) is 12.5 Å². The number of hydrogen-bond acceptors (Lipinski definition) is 4. The largest absolute Gasteiger partial charge is 0.477 e. The van der Waals surface area contributed by atoms with E-state index in [0.29, 0.717) is 24.6 Å². The van der Waals surface area contributed by atoms with E-state index in [1.54, 1.807) is 0 Å². The summed E-state index contributed by atoms with van der Waals surface area (Å²) in [6.07, 6.45) is 0.598. The highest BCUT2D eigenvalue weighted by atomic mass is 16.4. The summed E-state index contributed by atoms with van der Waals surface area (Å²) in [6, 6.07) is 9.59. The zero-order valence-corrected chi connectivity index (χ0v) is 11.6. The highest BCUT2D eigenvalue weighted by Gasteiger charge is 2.09. The Morgan fingerprint density at radius 3 is 2.55 bits per heavy atom. The molecule has 0 saturated carbocycles. The molecule has 0 saturated heterocycles. The Labute approximate surface area is 117 Å². The van der Waals surface area contributed by atoms with Crippen LogP contribution >= 0.6 is 0 Å². The van der Waals surface area contributed by atoms with Gasteiger partial charge in [-0.2, -0.15) is 0 Å². The molecule has 2 aromatic rings. The summed E-state index contributed by atoms with van der Waals surface area (Å²) in [7, 11) is 0. The molecule has 0 aliphatic rings. The molecule has 20 heavy (non-hydrogen) atoms. The second-order valence-electron chi connectivity index (χ2n) is 4.55. The van der Waals surface area contributed by atoms with Crippen molar-refractivity contribution in [1.29, 1.82) is 0 Å². The fraction of sp³-hybridized carbons (Fsp3) is 0.267. The SMILES string of the molecule is CCc1nc(NCc2ccc(C)cc2)cc(C(=O)O)n1. The minimum Gasteiger partial charge on any atom is -0.477 e. The van der Waals surface area contributed by atoms with Crippen LogP contribution in [0.15, 0.2) is 30.3 Å². The molecule has 0 amide bonds. The smallest absolute Gasteiger partial charge is 0.354 e. The third kappa shape index (κ3) is 3.54. The first-order valence-electron chi connectivity index (χ1n) is 6.49. The van der Waals surface area contributed by atoms with E-state index in [4.69, 9.17) is 5.11 Å². The molecule has 5 heteroatoms. The molecule has 1 aromatic heterocycles. The van der Waals surface area contributed by atoms with Gasteiger partial charge in [-0.15, -0.1) is 0 Å². The molecule has 1 heterocycles. The Morgan fingerprint density at radius 1 is 1.25 bits per heavy atom. The molecule has 0 bridgehead atoms. The number of carbonyl (C=O) groups is 1. The molecule has 1 aromatic carbocycles. The topological polar surface area (TPSA) is 75.1 Å². The first-order valence-corrected chi connectivity index (χ1v) is 6.49. The molecule has 0 spiro atoms. The minimum absolute atomic E-state index is 0.0169. The van der Waals surface area contributed by atoms with Crippen LogP contribution in [0, 0.1) is 6.92 Å². The van der Waals surface area contributed by atoms with Crippen molar-refractivity contribution in [2.75, 3.05) is 5.32 Å². The maximum atomic E-state index is 11.0. The summed E-state index contributed by atoms with van der Waals surface area (Å²) >= 11 is 0. The minimum atomic E-state index is -1.04. The van der Waals surface area contributed by atoms with E-state index in [0.717, 1.165) is 5.56 Å². The van der Waals surface area contributed by atoms with Crippen LogP contribution in [0.3, 0.4) is 0 Å². The van der Waals surface area contributed by atoms with Gasteiger partial charge in [0, 0.05) is 19.0 Å². The van der Waals surface area contributed by atoms with E-state index in [2.05, 4.69) is 15.3 Å². The molecule has 0 atom stereocenters. The summed E-state index contributed by atoms with van der Waals surface area (Å²) in [5.41, 5.74) is 2.34. The van der Waals surface area contributed by atoms with Crippen LogP contribution in [0.25, 0.3) is 0 Å². The molecule has 0 radical (unpaired) electrons. The maximum absolute atomic E-state index is 11.0. The van der Waals surface area contributed by atoms with Crippen molar-refractivity contribution in [2.24, 2.45) is 0 Å². The molecule has 0 aliphatic heterocycles. The number of nitrogens with zero attached hydrogens (tertiary/aromatic N) is 2. The Morgan fingerprint density at radius 2 is 1.95 bits per heavy atom. The summed E-state index contributed by atoms with van der Waals surface area (Å²) in [5, 5.41) is 12.2. The molecule has 2 N–H and O–H groups in total. The normalized spacial score (nSPS) is 10.3. The average Bonchev–Trinajstić information content (AvgIpc) is 2.46. The number of rotatable bonds is 5. The van der Waals surface area contributed by atoms with Crippen LogP contribution in [-0.2, 0) is 13.0 Å². The van der Waals surface area contributed by atoms with E-state index in [9.17, 15) is 4.79 Å². The van der Waals surface area contributed by atoms with Crippen LogP contribution in [0.1, 0.15) is 34.4 Å². The number of carboxylic acids is 1. The summed E-state index contributed by atoms with van der Waals surface area (Å²) in [6.45, 7) is 4.53. The maximum Gasteiger partial charge on any atom is 0.354 e. The Bertz CT molecular complexity index is 609. The van der Waals surface area contributed by atoms with Crippen LogP contribution < -0.4 is 5.32 Å². The fourth-order valence-corrected chi connectivity index (χ4v) is 1.75. The van der Waals surface area contributed by atoms with Crippen LogP contribution in [-0.4, -0.2) is 21.0 Å². The number of hydrogen-bond donors (Lipinski definition) is 2. The predicted octanol–water partition coefficient (Wildman–Crippen LogP) is 2.66. The number of aryl methyl sites for hydroxylation is 2. The number of aromatic nitrogens is 2. The highest BCUT2D eigenvalue weighted by Crippen LogP contribution is 2.10. The number of aromatic carboxylic acids is 1. The van der Waals surface area contributed by atoms with Gasteiger partial charge in [0.1, 0.15) is 11.6 Å². The molecule has 104 valence electrons. The van der Waals surface area contributed by atoms with Gasteiger partial charge >= 0.3 is 5.97 Å². The summed E-state index contributed by atoms with van der Waals surface area (Å²) in [5.74, 6) is 0.0200. The Kier molecular flexibility index (Phi) is 4.30. The van der Waals surface area contributed by atoms with Crippen LogP contribution in [0.4, 0.5) is 5.82 Å². The Hall–Kier alpha value is -2.43. The van der Waals surface area contributed by atoms with Gasteiger partial charge in [-0.1, -0.05) is 36.8 Å². The second-order valence-corrected chi connectivity index (χ2v) is 4.55. The van der Waals surface area contributed by atoms with Crippen molar-refractivity contribution >= 4 is 11.8 Å². The van der Waals surface area contributed by atoms with Crippen LogP contribution in [0.5, 0.6) is 0 Å². The number of carboxylic acid groups (broad SMARTS) is 1. The summed E-state index contributed by atoms with van der Waals surface area (Å²) < 4.78 is 0. The van der Waals surface area contributed by atoms with E-state index in [1.165, 1.54) is 11.6 Å². The number of nitrogens with one attached hydrogen (secondary N) is 1. The Balaban J connectivity index is 2.14. The fourth-order valence-electron chi connectivity index (χ4n) is 1.75. The molecule has 0 unspecified atom stereocenters. The van der Waals surface area contributed by atoms with Gasteiger partial charge in [0.2, 0.25) is 0 Å². The third-order valence-corrected chi connectivity index (χ3v) is 2.90. The average molecular weight is 271 g/mol. The number of benzene rings is 1. The van der Waals surface area contributed by atoms with Gasteiger partial charge in [0.25, 0.3) is 0 Å². The second kappa shape index (κ2) is 6.14. The highest BCUT2D eigenvalue weighted by molar-refractivity contribution is 5.86. The van der Waals surface area contributed by atoms with Gasteiger partial charge in [-0.25, -0.2) is 14.8 Å². The first-order chi connectivity index (χ1) is 9.58. The van der Waals surface area contributed by atoms with Gasteiger partial charge < -0.3 is 10.4 Å². The van der Waals surface area contributed by atoms with Crippen LogP contribution in [0.2, 0.25) is 0 Å². The lowest BCUT2D eigenvalue weighted by Crippen LogP contribution is -2.09. The lowest BCUT2D eigenvalue weighted by atomic mass is 10.1. The third-order valence-electron chi connectivity index (χ3n) is 2.90. The van der Waals surface area contributed by atoms with Crippen molar-refractivity contribution in [3.8, 4) is 0 Å². The number of anilines is 1. The molecular weight excluding hydrogens is 254 g/mol. The molecule has 2 rings (SSSR count).